The molecule has 0 saturated carbocycles. The molecule has 1 aliphatic heterocycles. The van der Waals surface area contributed by atoms with Gasteiger partial charge in [-0.1, -0.05) is 67.6 Å². The number of aryl methyl sites for hydroxylation is 1. The zero-order valence-electron chi connectivity index (χ0n) is 17.3. The van der Waals surface area contributed by atoms with E-state index in [2.05, 4.69) is 23.3 Å². The van der Waals surface area contributed by atoms with Gasteiger partial charge in [-0.15, -0.1) is 0 Å². The van der Waals surface area contributed by atoms with Gasteiger partial charge in [0, 0.05) is 23.7 Å². The Kier molecular flexibility index (Phi) is 6.23. The molecule has 0 amide bonds. The Morgan fingerprint density at radius 2 is 1.73 bits per heavy atom. The average molecular weight is 467 g/mol. The van der Waals surface area contributed by atoms with Crippen LogP contribution in [-0.2, 0) is 12.1 Å². The Bertz CT molecular complexity index is 1070. The fraction of sp³-hybridized carbons (Fsp3) is 0.435. The third-order valence-electron chi connectivity index (χ3n) is 5.86. The number of aliphatic hydroxyl groups is 1. The van der Waals surface area contributed by atoms with Crippen molar-refractivity contribution in [3.05, 3.63) is 51.0 Å². The zero-order valence-corrected chi connectivity index (χ0v) is 19.5. The summed E-state index contributed by atoms with van der Waals surface area (Å²) in [5.74, 6) is 0.796. The Morgan fingerprint density at radius 1 is 1.00 bits per heavy atom. The molecule has 0 fully saturated rings. The van der Waals surface area contributed by atoms with E-state index >= 15 is 0 Å². The van der Waals surface area contributed by atoms with Crippen molar-refractivity contribution in [2.24, 2.45) is 0 Å². The van der Waals surface area contributed by atoms with E-state index in [1.54, 1.807) is 6.07 Å². The number of anilines is 2. The van der Waals surface area contributed by atoms with E-state index in [-0.39, 0.29) is 0 Å². The van der Waals surface area contributed by atoms with E-state index in [0.29, 0.717) is 27.9 Å². The molecule has 1 aliphatic rings. The number of fused-ring (bicyclic) bond motifs is 3. The van der Waals surface area contributed by atoms with Crippen LogP contribution >= 0.6 is 34.8 Å². The highest BCUT2D eigenvalue weighted by Crippen LogP contribution is 2.43. The van der Waals surface area contributed by atoms with E-state index in [4.69, 9.17) is 39.8 Å². The van der Waals surface area contributed by atoms with Gasteiger partial charge >= 0.3 is 0 Å². The van der Waals surface area contributed by atoms with Crippen LogP contribution in [0.2, 0.25) is 15.1 Å². The average Bonchev–Trinajstić information content (AvgIpc) is 3.09. The minimum atomic E-state index is -0.899. The minimum Gasteiger partial charge on any atom is -0.385 e. The van der Waals surface area contributed by atoms with E-state index < -0.39 is 5.60 Å². The lowest BCUT2D eigenvalue weighted by Gasteiger charge is -2.32. The summed E-state index contributed by atoms with van der Waals surface area (Å²) in [6.07, 6.45) is 4.13. The Morgan fingerprint density at radius 3 is 2.40 bits per heavy atom. The highest BCUT2D eigenvalue weighted by atomic mass is 35.5. The van der Waals surface area contributed by atoms with Gasteiger partial charge in [-0.05, 0) is 43.5 Å². The van der Waals surface area contributed by atoms with Gasteiger partial charge in [0.05, 0.1) is 26.9 Å². The smallest absolute Gasteiger partial charge is 0.211 e. The summed E-state index contributed by atoms with van der Waals surface area (Å²) in [6, 6.07) is 9.34. The first kappa shape index (κ1) is 21.8. The monoisotopic (exact) mass is 465 g/mol. The number of hydrogen-bond donors (Lipinski definition) is 1. The first-order valence-electron chi connectivity index (χ1n) is 10.5. The molecule has 0 radical (unpaired) electrons. The molecule has 0 unspecified atom stereocenters. The van der Waals surface area contributed by atoms with Gasteiger partial charge in [-0.25, -0.2) is 4.98 Å². The number of hydrogen-bond acceptors (Lipinski definition) is 3. The summed E-state index contributed by atoms with van der Waals surface area (Å²) < 4.78 is 2.18. The normalized spacial score (nSPS) is 14.4. The van der Waals surface area contributed by atoms with E-state index in [0.717, 1.165) is 60.6 Å². The van der Waals surface area contributed by atoms with Crippen molar-refractivity contribution in [2.45, 2.75) is 58.1 Å². The third kappa shape index (κ3) is 3.69. The molecule has 4 rings (SSSR count). The molecule has 0 spiro atoms. The van der Waals surface area contributed by atoms with Crippen molar-refractivity contribution in [3.8, 4) is 0 Å². The number of benzene rings is 2. The molecule has 160 valence electrons. The van der Waals surface area contributed by atoms with Crippen molar-refractivity contribution >= 4 is 57.5 Å². The predicted octanol–water partition coefficient (Wildman–Crippen LogP) is 7.33. The zero-order chi connectivity index (χ0) is 21.5. The minimum absolute atomic E-state index is 0.586. The Balaban J connectivity index is 1.94. The first-order valence-corrected chi connectivity index (χ1v) is 11.7. The molecule has 30 heavy (non-hydrogen) atoms. The number of nitrogens with zero attached hydrogens (tertiary/aromatic N) is 3. The van der Waals surface area contributed by atoms with Gasteiger partial charge in [0.2, 0.25) is 5.95 Å². The molecule has 0 saturated heterocycles. The van der Waals surface area contributed by atoms with Crippen LogP contribution in [-0.4, -0.2) is 21.2 Å². The summed E-state index contributed by atoms with van der Waals surface area (Å²) in [5.41, 5.74) is 2.54. The second kappa shape index (κ2) is 8.58. The number of rotatable bonds is 6. The van der Waals surface area contributed by atoms with Crippen LogP contribution < -0.4 is 4.90 Å². The molecule has 4 nitrogen and oxygen atoms in total. The van der Waals surface area contributed by atoms with Gasteiger partial charge in [0.1, 0.15) is 5.52 Å². The standard InChI is InChI=1S/C23H26Cl3N3O/c1-3-10-23(30,11-4-2)16-7-8-17(25)20-21(16)29-13-5-12-28(22(29)27-20)19-9-6-15(24)14-18(19)26/h6-9,14,30H,3-5,10-13H2,1-2H3. The van der Waals surface area contributed by atoms with Gasteiger partial charge in [0.15, 0.2) is 0 Å². The van der Waals surface area contributed by atoms with E-state index in [9.17, 15) is 5.11 Å². The molecule has 0 aliphatic carbocycles. The van der Waals surface area contributed by atoms with Crippen LogP contribution in [0, 0.1) is 0 Å². The Hall–Kier alpha value is -1.46. The number of halogens is 3. The Labute approximate surface area is 192 Å². The molecule has 0 atom stereocenters. The van der Waals surface area contributed by atoms with Crippen LogP contribution in [0.5, 0.6) is 0 Å². The van der Waals surface area contributed by atoms with Crippen molar-refractivity contribution < 1.29 is 5.11 Å². The predicted molar refractivity (Wildman–Crippen MR) is 127 cm³/mol. The second-order valence-electron chi connectivity index (χ2n) is 7.99. The molecule has 1 aromatic heterocycles. The molecule has 2 heterocycles. The van der Waals surface area contributed by atoms with Crippen molar-refractivity contribution in [2.75, 3.05) is 11.4 Å². The molecule has 3 aromatic rings. The van der Waals surface area contributed by atoms with E-state index in [1.807, 2.05) is 24.3 Å². The van der Waals surface area contributed by atoms with Gasteiger partial charge < -0.3 is 14.6 Å². The lowest BCUT2D eigenvalue weighted by Crippen LogP contribution is -2.30. The van der Waals surface area contributed by atoms with Crippen LogP contribution in [0.1, 0.15) is 51.5 Å². The molecule has 1 N–H and O–H groups in total. The van der Waals surface area contributed by atoms with E-state index in [1.165, 1.54) is 0 Å². The van der Waals surface area contributed by atoms with Gasteiger partial charge in [0.25, 0.3) is 0 Å². The van der Waals surface area contributed by atoms with Gasteiger partial charge in [-0.3, -0.25) is 0 Å². The SMILES string of the molecule is CCCC(O)(CCC)c1ccc(Cl)c2nc3n(c12)CCCN3c1ccc(Cl)cc1Cl. The van der Waals surface area contributed by atoms with Crippen molar-refractivity contribution in [1.82, 2.24) is 9.55 Å². The third-order valence-corrected chi connectivity index (χ3v) is 6.70. The molecular weight excluding hydrogens is 441 g/mol. The lowest BCUT2D eigenvalue weighted by molar-refractivity contribution is 0.0181. The topological polar surface area (TPSA) is 41.3 Å². The summed E-state index contributed by atoms with van der Waals surface area (Å²) in [4.78, 5) is 7.03. The van der Waals surface area contributed by atoms with Crippen LogP contribution in [0.3, 0.4) is 0 Å². The molecule has 0 bridgehead atoms. The number of aromatic nitrogens is 2. The second-order valence-corrected chi connectivity index (χ2v) is 9.24. The maximum Gasteiger partial charge on any atom is 0.211 e. The maximum absolute atomic E-state index is 11.6. The fourth-order valence-corrected chi connectivity index (χ4v) is 5.33. The van der Waals surface area contributed by atoms with Crippen molar-refractivity contribution in [1.29, 1.82) is 0 Å². The first-order chi connectivity index (χ1) is 14.4. The van der Waals surface area contributed by atoms with Crippen molar-refractivity contribution in [3.63, 3.8) is 0 Å². The maximum atomic E-state index is 11.6. The van der Waals surface area contributed by atoms with Gasteiger partial charge in [-0.2, -0.15) is 0 Å². The fourth-order valence-electron chi connectivity index (χ4n) is 4.63. The highest BCUT2D eigenvalue weighted by Gasteiger charge is 2.34. The highest BCUT2D eigenvalue weighted by molar-refractivity contribution is 6.36. The quantitative estimate of drug-likeness (QED) is 0.413. The van der Waals surface area contributed by atoms with Crippen LogP contribution in [0.25, 0.3) is 11.0 Å². The van der Waals surface area contributed by atoms with Crippen LogP contribution in [0.15, 0.2) is 30.3 Å². The lowest BCUT2D eigenvalue weighted by atomic mass is 9.84. The summed E-state index contributed by atoms with van der Waals surface area (Å²) in [5, 5.41) is 13.4. The summed E-state index contributed by atoms with van der Waals surface area (Å²) in [6.45, 7) is 5.81. The molecule has 7 heteroatoms. The van der Waals surface area contributed by atoms with Crippen LogP contribution in [0.4, 0.5) is 11.6 Å². The summed E-state index contributed by atoms with van der Waals surface area (Å²) >= 11 is 19.2. The molecule has 2 aromatic carbocycles. The number of imidazole rings is 1. The molecular formula is C23H26Cl3N3O. The summed E-state index contributed by atoms with van der Waals surface area (Å²) in [7, 11) is 0. The largest absolute Gasteiger partial charge is 0.385 e.